The zero-order valence-corrected chi connectivity index (χ0v) is 23.6. The first kappa shape index (κ1) is 30.9. The molecule has 6 nitrogen and oxygen atoms in total. The smallest absolute Gasteiger partial charge is 0.333 e. The van der Waals surface area contributed by atoms with Gasteiger partial charge in [-0.2, -0.15) is 0 Å². The number of unbranched alkanes of at least 4 members (excludes halogenated alkanes) is 4. The second-order valence-corrected chi connectivity index (χ2v) is 9.90. The van der Waals surface area contributed by atoms with Crippen molar-refractivity contribution in [2.24, 2.45) is 0 Å². The average molecular weight is 525 g/mol. The van der Waals surface area contributed by atoms with Crippen LogP contribution in [0, 0.1) is 0 Å². The third-order valence-corrected chi connectivity index (χ3v) is 6.16. The second kappa shape index (κ2) is 16.5. The molecule has 0 aliphatic carbocycles. The van der Waals surface area contributed by atoms with Gasteiger partial charge in [0.25, 0.3) is 0 Å². The predicted octanol–water partition coefficient (Wildman–Crippen LogP) is 7.73. The lowest BCUT2D eigenvalue weighted by atomic mass is 10.1. The van der Waals surface area contributed by atoms with Crippen LogP contribution in [-0.2, 0) is 19.1 Å². The van der Waals surface area contributed by atoms with Gasteiger partial charge < -0.3 is 18.9 Å². The highest BCUT2D eigenvalue weighted by Crippen LogP contribution is 2.26. The van der Waals surface area contributed by atoms with Crippen LogP contribution in [-0.4, -0.2) is 37.4 Å². The Morgan fingerprint density at radius 2 is 1.08 bits per heavy atom. The maximum Gasteiger partial charge on any atom is 0.333 e. The summed E-state index contributed by atoms with van der Waals surface area (Å²) in [5, 5.41) is 2.01. The Morgan fingerprint density at radius 3 is 1.42 bits per heavy atom. The summed E-state index contributed by atoms with van der Waals surface area (Å²) in [7, 11) is 0. The van der Waals surface area contributed by atoms with Crippen molar-refractivity contribution in [2.45, 2.75) is 91.3 Å². The van der Waals surface area contributed by atoms with E-state index in [1.807, 2.05) is 36.4 Å². The van der Waals surface area contributed by atoms with Crippen LogP contribution in [0.4, 0.5) is 0 Å². The monoisotopic (exact) mass is 524 g/mol. The van der Waals surface area contributed by atoms with Gasteiger partial charge in [-0.3, -0.25) is 0 Å². The summed E-state index contributed by atoms with van der Waals surface area (Å²) in [6, 6.07) is 11.7. The molecule has 0 radical (unpaired) electrons. The Balaban J connectivity index is 2.01. The molecule has 2 aromatic carbocycles. The van der Waals surface area contributed by atoms with Crippen LogP contribution >= 0.6 is 0 Å². The fraction of sp³-hybridized carbons (Fsp3) is 0.500. The van der Waals surface area contributed by atoms with Gasteiger partial charge in [-0.05, 0) is 74.6 Å². The molecule has 0 amide bonds. The Labute approximate surface area is 228 Å². The van der Waals surface area contributed by atoms with Crippen LogP contribution < -0.4 is 9.47 Å². The Bertz CT molecular complexity index is 988. The largest absolute Gasteiger partial charge is 0.490 e. The molecule has 2 atom stereocenters. The molecular formula is C32H44O6. The molecule has 2 aromatic rings. The van der Waals surface area contributed by atoms with Gasteiger partial charge in [-0.25, -0.2) is 9.59 Å². The number of carbonyl (C=O) groups excluding carboxylic acids is 2. The topological polar surface area (TPSA) is 71.1 Å². The van der Waals surface area contributed by atoms with Gasteiger partial charge in [0, 0.05) is 11.1 Å². The maximum atomic E-state index is 12.0. The van der Waals surface area contributed by atoms with E-state index in [9.17, 15) is 9.59 Å². The summed E-state index contributed by atoms with van der Waals surface area (Å²) < 4.78 is 23.2. The Kier molecular flexibility index (Phi) is 13.5. The first-order valence-electron chi connectivity index (χ1n) is 13.8. The molecule has 0 aliphatic heterocycles. The second-order valence-electron chi connectivity index (χ2n) is 9.90. The lowest BCUT2D eigenvalue weighted by Gasteiger charge is -2.19. The molecule has 208 valence electrons. The lowest BCUT2D eigenvalue weighted by molar-refractivity contribution is -0.147. The summed E-state index contributed by atoms with van der Waals surface area (Å²) in [5.41, 5.74) is 0.769. The van der Waals surface area contributed by atoms with Gasteiger partial charge >= 0.3 is 11.9 Å². The fourth-order valence-electron chi connectivity index (χ4n) is 3.86. The molecule has 0 aromatic heterocycles. The highest BCUT2D eigenvalue weighted by molar-refractivity contribution is 5.87. The van der Waals surface area contributed by atoms with E-state index < -0.39 is 0 Å². The highest BCUT2D eigenvalue weighted by Gasteiger charge is 2.17. The van der Waals surface area contributed by atoms with Crippen LogP contribution in [0.1, 0.15) is 79.1 Å². The van der Waals surface area contributed by atoms with Crippen molar-refractivity contribution >= 4 is 22.7 Å². The summed E-state index contributed by atoms with van der Waals surface area (Å²) in [5.74, 6) is 0.646. The van der Waals surface area contributed by atoms with E-state index in [4.69, 9.17) is 18.9 Å². The van der Waals surface area contributed by atoms with Crippen LogP contribution in [0.3, 0.4) is 0 Å². The molecule has 6 heteroatoms. The number of hydrogen-bond acceptors (Lipinski definition) is 6. The number of fused-ring (bicyclic) bond motifs is 1. The number of esters is 2. The predicted molar refractivity (Wildman–Crippen MR) is 153 cm³/mol. The quantitative estimate of drug-likeness (QED) is 0.113. The zero-order valence-electron chi connectivity index (χ0n) is 23.6. The lowest BCUT2D eigenvalue weighted by Crippen LogP contribution is -2.25. The number of benzene rings is 2. The minimum absolute atomic E-state index is 0.289. The van der Waals surface area contributed by atoms with Gasteiger partial charge in [0.1, 0.15) is 36.9 Å². The molecule has 38 heavy (non-hydrogen) atoms. The standard InChI is InChI=1S/C32H44O6/c1-7-9-11-13-29(37-31(33)23(3)4)21-35-27-17-15-26-20-28(18-16-25(26)19-27)36-22-30(14-12-10-8-2)38-32(34)24(5)6/h15-20,29-30H,3,5,7-14,21-22H2,1-2,4,6H3. The van der Waals surface area contributed by atoms with Gasteiger partial charge in [0.15, 0.2) is 0 Å². The van der Waals surface area contributed by atoms with E-state index in [0.717, 1.165) is 62.1 Å². The van der Waals surface area contributed by atoms with Crippen molar-refractivity contribution in [1.29, 1.82) is 0 Å². The van der Waals surface area contributed by atoms with Gasteiger partial charge in [-0.15, -0.1) is 0 Å². The maximum absolute atomic E-state index is 12.0. The molecule has 0 saturated heterocycles. The summed E-state index contributed by atoms with van der Waals surface area (Å²) in [4.78, 5) is 24.1. The molecule has 0 spiro atoms. The third-order valence-electron chi connectivity index (χ3n) is 6.16. The molecule has 0 saturated carbocycles. The van der Waals surface area contributed by atoms with E-state index in [2.05, 4.69) is 27.0 Å². The fourth-order valence-corrected chi connectivity index (χ4v) is 3.86. The van der Waals surface area contributed by atoms with E-state index in [-0.39, 0.29) is 37.4 Å². The molecule has 2 unspecified atom stereocenters. The Morgan fingerprint density at radius 1 is 0.684 bits per heavy atom. The minimum Gasteiger partial charge on any atom is -0.490 e. The van der Waals surface area contributed by atoms with E-state index in [1.165, 1.54) is 0 Å². The number of carbonyl (C=O) groups is 2. The summed E-state index contributed by atoms with van der Waals surface area (Å²) >= 11 is 0. The number of rotatable bonds is 18. The van der Waals surface area contributed by atoms with Crippen molar-refractivity contribution < 1.29 is 28.5 Å². The molecule has 0 N–H and O–H groups in total. The number of ether oxygens (including phenoxy) is 4. The van der Waals surface area contributed by atoms with Gasteiger partial charge in [0.05, 0.1) is 0 Å². The highest BCUT2D eigenvalue weighted by atomic mass is 16.6. The normalized spacial score (nSPS) is 12.4. The van der Waals surface area contributed by atoms with Crippen molar-refractivity contribution in [3.05, 3.63) is 60.7 Å². The van der Waals surface area contributed by atoms with E-state index in [0.29, 0.717) is 22.6 Å². The zero-order chi connectivity index (χ0) is 27.9. The molecule has 0 bridgehead atoms. The van der Waals surface area contributed by atoms with Crippen LogP contribution in [0.15, 0.2) is 60.7 Å². The summed E-state index contributed by atoms with van der Waals surface area (Å²) in [6.45, 7) is 15.5. The van der Waals surface area contributed by atoms with Crippen LogP contribution in [0.2, 0.25) is 0 Å². The first-order chi connectivity index (χ1) is 18.2. The molecule has 2 rings (SSSR count). The van der Waals surface area contributed by atoms with Gasteiger partial charge in [-0.1, -0.05) is 64.8 Å². The molecule has 0 fully saturated rings. The molecule has 0 aliphatic rings. The number of hydrogen-bond donors (Lipinski definition) is 0. The molecule has 0 heterocycles. The van der Waals surface area contributed by atoms with Crippen molar-refractivity contribution in [3.8, 4) is 11.5 Å². The SMILES string of the molecule is C=C(C)C(=O)OC(CCCCC)COc1ccc2cc(OCC(CCCCC)OC(=O)C(=C)C)ccc2c1. The van der Waals surface area contributed by atoms with E-state index >= 15 is 0 Å². The van der Waals surface area contributed by atoms with Crippen molar-refractivity contribution in [3.63, 3.8) is 0 Å². The molecular weight excluding hydrogens is 480 g/mol. The van der Waals surface area contributed by atoms with E-state index in [1.54, 1.807) is 13.8 Å². The van der Waals surface area contributed by atoms with Crippen LogP contribution in [0.5, 0.6) is 11.5 Å². The van der Waals surface area contributed by atoms with Crippen molar-refractivity contribution in [2.75, 3.05) is 13.2 Å². The van der Waals surface area contributed by atoms with Gasteiger partial charge in [0.2, 0.25) is 0 Å². The first-order valence-corrected chi connectivity index (χ1v) is 13.8. The van der Waals surface area contributed by atoms with Crippen molar-refractivity contribution in [1.82, 2.24) is 0 Å². The summed E-state index contributed by atoms with van der Waals surface area (Å²) in [6.07, 6.45) is 7.16. The van der Waals surface area contributed by atoms with Crippen LogP contribution in [0.25, 0.3) is 10.8 Å². The average Bonchev–Trinajstić information content (AvgIpc) is 2.89. The Hall–Kier alpha value is -3.28. The third kappa shape index (κ3) is 11.0. The minimum atomic E-state index is -0.386.